The molecule has 1 fully saturated rings. The molecule has 1 amide bonds. The Morgan fingerprint density at radius 1 is 1.21 bits per heavy atom. The normalized spacial score (nSPS) is 20.3. The molecule has 1 saturated heterocycles. The average Bonchev–Trinajstić information content (AvgIpc) is 2.38. The van der Waals surface area contributed by atoms with Crippen molar-refractivity contribution in [2.24, 2.45) is 5.41 Å². The van der Waals surface area contributed by atoms with E-state index in [1.807, 2.05) is 39.8 Å². The number of carboxylic acid groups (broad SMARTS) is 1. The molecule has 0 aromatic carbocycles. The minimum absolute atomic E-state index is 0.154. The highest BCUT2D eigenvalue weighted by Gasteiger charge is 2.33. The first-order chi connectivity index (χ1) is 10.8. The summed E-state index contributed by atoms with van der Waals surface area (Å²) in [5, 5.41) is 9.26. The summed E-state index contributed by atoms with van der Waals surface area (Å²) in [6, 6.07) is 0.154. The minimum atomic E-state index is -0.804. The number of piperazine rings is 1. The summed E-state index contributed by atoms with van der Waals surface area (Å²) < 4.78 is 5.45. The van der Waals surface area contributed by atoms with Crippen molar-refractivity contribution in [1.29, 1.82) is 0 Å². The number of likely N-dealkylation sites (N-methyl/N-ethyl adjacent to an activating group) is 2. The molecule has 1 rings (SSSR count). The Balaban J connectivity index is 2.63. The largest absolute Gasteiger partial charge is 0.481 e. The lowest BCUT2D eigenvalue weighted by atomic mass is 9.93. The van der Waals surface area contributed by atoms with Crippen LogP contribution >= 0.6 is 0 Å². The molecule has 0 bridgehead atoms. The molecule has 7 nitrogen and oxygen atoms in total. The molecule has 0 radical (unpaired) electrons. The fourth-order valence-corrected chi connectivity index (χ4v) is 2.80. The van der Waals surface area contributed by atoms with Gasteiger partial charge in [0, 0.05) is 38.8 Å². The highest BCUT2D eigenvalue weighted by atomic mass is 16.6. The monoisotopic (exact) mass is 343 g/mol. The van der Waals surface area contributed by atoms with Crippen LogP contribution in [0.15, 0.2) is 0 Å². The van der Waals surface area contributed by atoms with Gasteiger partial charge in [-0.15, -0.1) is 0 Å². The predicted molar refractivity (Wildman–Crippen MR) is 93.1 cm³/mol. The first-order valence-corrected chi connectivity index (χ1v) is 8.42. The molecule has 0 saturated carbocycles. The SMILES string of the molecule is CN(CC1CN(C(=O)OC(C)(C)C)CCN1C)CC(C)(C)C(=O)O. The summed E-state index contributed by atoms with van der Waals surface area (Å²) in [5.41, 5.74) is -1.30. The molecule has 0 aromatic rings. The lowest BCUT2D eigenvalue weighted by molar-refractivity contribution is -0.147. The van der Waals surface area contributed by atoms with Crippen LogP contribution in [-0.2, 0) is 9.53 Å². The molecule has 1 aliphatic rings. The van der Waals surface area contributed by atoms with Crippen LogP contribution < -0.4 is 0 Å². The van der Waals surface area contributed by atoms with Gasteiger partial charge in [-0.2, -0.15) is 0 Å². The molecule has 0 spiro atoms. The highest BCUT2D eigenvalue weighted by Crippen LogP contribution is 2.18. The maximum absolute atomic E-state index is 12.3. The summed E-state index contributed by atoms with van der Waals surface area (Å²) in [6.07, 6.45) is -0.283. The molecule has 1 N–H and O–H groups in total. The maximum atomic E-state index is 12.3. The molecule has 1 atom stereocenters. The first kappa shape index (κ1) is 20.7. The molecule has 7 heteroatoms. The van der Waals surface area contributed by atoms with Gasteiger partial charge in [-0.3, -0.25) is 9.69 Å². The van der Waals surface area contributed by atoms with Crippen molar-refractivity contribution in [2.75, 3.05) is 46.8 Å². The van der Waals surface area contributed by atoms with E-state index in [1.165, 1.54) is 0 Å². The van der Waals surface area contributed by atoms with Gasteiger partial charge < -0.3 is 19.6 Å². The van der Waals surface area contributed by atoms with Crippen molar-refractivity contribution in [3.63, 3.8) is 0 Å². The molecule has 1 unspecified atom stereocenters. The Morgan fingerprint density at radius 3 is 2.29 bits per heavy atom. The van der Waals surface area contributed by atoms with Crippen LogP contribution in [0.2, 0.25) is 0 Å². The smallest absolute Gasteiger partial charge is 0.410 e. The van der Waals surface area contributed by atoms with Crippen LogP contribution in [0.4, 0.5) is 4.79 Å². The Bertz CT molecular complexity index is 459. The highest BCUT2D eigenvalue weighted by molar-refractivity contribution is 5.73. The molecular formula is C17H33N3O4. The Hall–Kier alpha value is -1.34. The number of hydrogen-bond donors (Lipinski definition) is 1. The van der Waals surface area contributed by atoms with Crippen LogP contribution in [0.1, 0.15) is 34.6 Å². The van der Waals surface area contributed by atoms with E-state index in [0.717, 1.165) is 6.54 Å². The minimum Gasteiger partial charge on any atom is -0.481 e. The topological polar surface area (TPSA) is 73.3 Å². The zero-order valence-electron chi connectivity index (χ0n) is 16.1. The van der Waals surface area contributed by atoms with Crippen LogP contribution in [0.5, 0.6) is 0 Å². The summed E-state index contributed by atoms with van der Waals surface area (Å²) in [7, 11) is 3.96. The summed E-state index contributed by atoms with van der Waals surface area (Å²) >= 11 is 0. The molecule has 1 heterocycles. The second-order valence-electron chi connectivity index (χ2n) is 8.45. The van der Waals surface area contributed by atoms with E-state index in [-0.39, 0.29) is 12.1 Å². The maximum Gasteiger partial charge on any atom is 0.410 e. The third-order valence-corrected chi connectivity index (χ3v) is 4.20. The van der Waals surface area contributed by atoms with Gasteiger partial charge in [0.15, 0.2) is 0 Å². The van der Waals surface area contributed by atoms with E-state index in [9.17, 15) is 14.7 Å². The van der Waals surface area contributed by atoms with Gasteiger partial charge in [-0.1, -0.05) is 0 Å². The van der Waals surface area contributed by atoms with Crippen molar-refractivity contribution in [3.8, 4) is 0 Å². The average molecular weight is 343 g/mol. The molecule has 0 aliphatic carbocycles. The zero-order valence-corrected chi connectivity index (χ0v) is 16.1. The fourth-order valence-electron chi connectivity index (χ4n) is 2.80. The van der Waals surface area contributed by atoms with E-state index >= 15 is 0 Å². The number of carbonyl (C=O) groups is 2. The number of nitrogens with zero attached hydrogens (tertiary/aromatic N) is 3. The van der Waals surface area contributed by atoms with Gasteiger partial charge in [0.1, 0.15) is 5.60 Å². The van der Waals surface area contributed by atoms with Gasteiger partial charge >= 0.3 is 12.1 Å². The first-order valence-electron chi connectivity index (χ1n) is 8.42. The number of aliphatic carboxylic acids is 1. The summed E-state index contributed by atoms with van der Waals surface area (Å²) in [6.45, 7) is 12.2. The molecule has 0 aromatic heterocycles. The quantitative estimate of drug-likeness (QED) is 0.817. The Labute approximate surface area is 145 Å². The van der Waals surface area contributed by atoms with Crippen LogP contribution in [0.3, 0.4) is 0 Å². The van der Waals surface area contributed by atoms with Crippen LogP contribution in [-0.4, -0.2) is 90.3 Å². The third-order valence-electron chi connectivity index (χ3n) is 4.20. The number of amides is 1. The van der Waals surface area contributed by atoms with E-state index in [2.05, 4.69) is 4.90 Å². The van der Waals surface area contributed by atoms with E-state index < -0.39 is 17.0 Å². The predicted octanol–water partition coefficient (Wildman–Crippen LogP) is 1.58. The Morgan fingerprint density at radius 2 is 1.79 bits per heavy atom. The van der Waals surface area contributed by atoms with Crippen LogP contribution in [0, 0.1) is 5.41 Å². The van der Waals surface area contributed by atoms with E-state index in [0.29, 0.717) is 26.2 Å². The van der Waals surface area contributed by atoms with Crippen molar-refractivity contribution in [2.45, 2.75) is 46.3 Å². The lowest BCUT2D eigenvalue weighted by Gasteiger charge is -2.41. The standard InChI is InChI=1S/C17H33N3O4/c1-16(2,3)24-15(23)20-9-8-19(7)13(11-20)10-18(6)12-17(4,5)14(21)22/h13H,8-12H2,1-7H3,(H,21,22). The lowest BCUT2D eigenvalue weighted by Crippen LogP contribution is -2.57. The zero-order chi connectivity index (χ0) is 18.7. The number of ether oxygens (including phenoxy) is 1. The van der Waals surface area contributed by atoms with Crippen molar-refractivity contribution in [1.82, 2.24) is 14.7 Å². The van der Waals surface area contributed by atoms with Crippen molar-refractivity contribution < 1.29 is 19.4 Å². The number of carbonyl (C=O) groups excluding carboxylic acids is 1. The molecule has 140 valence electrons. The van der Waals surface area contributed by atoms with Gasteiger partial charge in [0.2, 0.25) is 0 Å². The number of hydrogen-bond acceptors (Lipinski definition) is 5. The van der Waals surface area contributed by atoms with E-state index in [4.69, 9.17) is 4.74 Å². The fraction of sp³-hybridized carbons (Fsp3) is 0.882. The second-order valence-corrected chi connectivity index (χ2v) is 8.45. The van der Waals surface area contributed by atoms with Gasteiger partial charge in [-0.25, -0.2) is 4.79 Å². The van der Waals surface area contributed by atoms with E-state index in [1.54, 1.807) is 18.7 Å². The van der Waals surface area contributed by atoms with Gasteiger partial charge in [0.05, 0.1) is 5.41 Å². The third kappa shape index (κ3) is 6.28. The Kier molecular flexibility index (Phi) is 6.64. The van der Waals surface area contributed by atoms with Gasteiger partial charge in [0.25, 0.3) is 0 Å². The van der Waals surface area contributed by atoms with Crippen LogP contribution in [0.25, 0.3) is 0 Å². The summed E-state index contributed by atoms with van der Waals surface area (Å²) in [4.78, 5) is 29.5. The molecular weight excluding hydrogens is 310 g/mol. The number of rotatable bonds is 5. The number of carboxylic acids is 1. The second kappa shape index (κ2) is 7.70. The van der Waals surface area contributed by atoms with Crippen molar-refractivity contribution >= 4 is 12.1 Å². The molecule has 1 aliphatic heterocycles. The van der Waals surface area contributed by atoms with Crippen molar-refractivity contribution in [3.05, 3.63) is 0 Å². The molecule has 24 heavy (non-hydrogen) atoms. The van der Waals surface area contributed by atoms with Gasteiger partial charge in [-0.05, 0) is 48.7 Å². The summed E-state index contributed by atoms with van der Waals surface area (Å²) in [5.74, 6) is -0.804.